The minimum absolute atomic E-state index is 0.326. The van der Waals surface area contributed by atoms with Gasteiger partial charge in [0, 0.05) is 42.5 Å². The standard InChI is InChI=1S/C16H20N6/c1-3-13(5-7-17-4-2)22-10-12(9-21-22)15-14-6-8-18-16(14)20-11-19-15/h6-11,13H,3-5H2,1-2H3,(H,18,19,20). The molecule has 0 spiro atoms. The van der Waals surface area contributed by atoms with E-state index in [4.69, 9.17) is 0 Å². The second-order valence-corrected chi connectivity index (χ2v) is 5.15. The number of fused-ring (bicyclic) bond motifs is 1. The smallest absolute Gasteiger partial charge is 0.141 e. The number of H-pyrrole nitrogens is 1. The van der Waals surface area contributed by atoms with E-state index in [0.29, 0.717) is 6.04 Å². The van der Waals surface area contributed by atoms with Gasteiger partial charge >= 0.3 is 0 Å². The van der Waals surface area contributed by atoms with E-state index >= 15 is 0 Å². The van der Waals surface area contributed by atoms with Crippen molar-refractivity contribution in [3.63, 3.8) is 0 Å². The molecule has 0 aromatic carbocycles. The van der Waals surface area contributed by atoms with Gasteiger partial charge in [-0.2, -0.15) is 5.10 Å². The molecule has 6 heteroatoms. The first-order chi connectivity index (χ1) is 10.8. The maximum absolute atomic E-state index is 4.52. The van der Waals surface area contributed by atoms with Gasteiger partial charge in [-0.05, 0) is 19.4 Å². The number of rotatable bonds is 6. The first kappa shape index (κ1) is 14.4. The first-order valence-electron chi connectivity index (χ1n) is 7.64. The fourth-order valence-electron chi connectivity index (χ4n) is 2.55. The molecule has 3 rings (SSSR count). The van der Waals surface area contributed by atoms with Crippen LogP contribution in [0, 0.1) is 0 Å². The summed E-state index contributed by atoms with van der Waals surface area (Å²) in [4.78, 5) is 16.0. The zero-order valence-corrected chi connectivity index (χ0v) is 12.9. The van der Waals surface area contributed by atoms with Gasteiger partial charge in [-0.25, -0.2) is 9.97 Å². The average Bonchev–Trinajstić information content (AvgIpc) is 3.20. The van der Waals surface area contributed by atoms with Crippen LogP contribution in [0.3, 0.4) is 0 Å². The summed E-state index contributed by atoms with van der Waals surface area (Å²) in [5.41, 5.74) is 2.77. The highest BCUT2D eigenvalue weighted by molar-refractivity contribution is 5.89. The van der Waals surface area contributed by atoms with Gasteiger partial charge in [-0.1, -0.05) is 6.92 Å². The molecule has 114 valence electrons. The van der Waals surface area contributed by atoms with Gasteiger partial charge in [0.1, 0.15) is 12.0 Å². The number of hydrogen-bond donors (Lipinski definition) is 1. The molecule has 0 aliphatic heterocycles. The van der Waals surface area contributed by atoms with E-state index in [1.54, 1.807) is 6.33 Å². The minimum atomic E-state index is 0.326. The van der Waals surface area contributed by atoms with Crippen LogP contribution in [0.5, 0.6) is 0 Å². The lowest BCUT2D eigenvalue weighted by Gasteiger charge is -2.12. The largest absolute Gasteiger partial charge is 0.346 e. The average molecular weight is 296 g/mol. The molecule has 6 nitrogen and oxygen atoms in total. The molecule has 1 unspecified atom stereocenters. The minimum Gasteiger partial charge on any atom is -0.346 e. The van der Waals surface area contributed by atoms with E-state index in [9.17, 15) is 0 Å². The van der Waals surface area contributed by atoms with Crippen LogP contribution in [0.1, 0.15) is 32.7 Å². The third-order valence-corrected chi connectivity index (χ3v) is 3.76. The first-order valence-corrected chi connectivity index (χ1v) is 7.64. The maximum Gasteiger partial charge on any atom is 0.141 e. The van der Waals surface area contributed by atoms with Crippen LogP contribution in [-0.4, -0.2) is 37.5 Å². The molecule has 3 aromatic rings. The summed E-state index contributed by atoms with van der Waals surface area (Å²) in [7, 11) is 0. The molecule has 0 bridgehead atoms. The van der Waals surface area contributed by atoms with Crippen molar-refractivity contribution in [1.29, 1.82) is 0 Å². The molecular weight excluding hydrogens is 276 g/mol. The van der Waals surface area contributed by atoms with E-state index in [2.05, 4.69) is 38.2 Å². The van der Waals surface area contributed by atoms with Crippen molar-refractivity contribution in [2.24, 2.45) is 4.99 Å². The SMILES string of the molecule is CCN=CCC(CC)n1cc(-c2ncnc3[nH]ccc23)cn1. The van der Waals surface area contributed by atoms with Crippen LogP contribution in [0.4, 0.5) is 0 Å². The topological polar surface area (TPSA) is 71.8 Å². The van der Waals surface area contributed by atoms with Crippen molar-refractivity contribution in [3.05, 3.63) is 31.0 Å². The second kappa shape index (κ2) is 6.51. The van der Waals surface area contributed by atoms with Crippen LogP contribution >= 0.6 is 0 Å². The van der Waals surface area contributed by atoms with Crippen LogP contribution in [-0.2, 0) is 0 Å². The Kier molecular flexibility index (Phi) is 4.27. The molecule has 22 heavy (non-hydrogen) atoms. The molecule has 3 heterocycles. The molecule has 0 amide bonds. The van der Waals surface area contributed by atoms with Gasteiger partial charge < -0.3 is 4.98 Å². The lowest BCUT2D eigenvalue weighted by molar-refractivity contribution is 0.457. The lowest BCUT2D eigenvalue weighted by Crippen LogP contribution is -2.09. The fourth-order valence-corrected chi connectivity index (χ4v) is 2.55. The lowest BCUT2D eigenvalue weighted by atomic mass is 10.1. The van der Waals surface area contributed by atoms with Crippen LogP contribution < -0.4 is 0 Å². The predicted molar refractivity (Wildman–Crippen MR) is 88.1 cm³/mol. The number of hydrogen-bond acceptors (Lipinski definition) is 4. The second-order valence-electron chi connectivity index (χ2n) is 5.15. The number of nitrogens with zero attached hydrogens (tertiary/aromatic N) is 5. The van der Waals surface area contributed by atoms with E-state index in [0.717, 1.165) is 41.7 Å². The summed E-state index contributed by atoms with van der Waals surface area (Å²) in [6.07, 6.45) is 11.3. The molecule has 0 aliphatic rings. The highest BCUT2D eigenvalue weighted by Gasteiger charge is 2.13. The van der Waals surface area contributed by atoms with Gasteiger partial charge in [0.2, 0.25) is 0 Å². The number of nitrogens with one attached hydrogen (secondary N) is 1. The summed E-state index contributed by atoms with van der Waals surface area (Å²) >= 11 is 0. The Morgan fingerprint density at radius 1 is 1.36 bits per heavy atom. The molecule has 1 N–H and O–H groups in total. The van der Waals surface area contributed by atoms with E-state index in [1.165, 1.54) is 0 Å². The van der Waals surface area contributed by atoms with Crippen molar-refractivity contribution in [1.82, 2.24) is 24.7 Å². The molecule has 0 aliphatic carbocycles. The normalized spacial score (nSPS) is 13.2. The van der Waals surface area contributed by atoms with Crippen LogP contribution in [0.25, 0.3) is 22.3 Å². The summed E-state index contributed by atoms with van der Waals surface area (Å²) in [6.45, 7) is 5.04. The summed E-state index contributed by atoms with van der Waals surface area (Å²) in [5.74, 6) is 0. The Balaban J connectivity index is 1.89. The summed E-state index contributed by atoms with van der Waals surface area (Å²) in [6, 6.07) is 2.32. The Bertz CT molecular complexity index is 770. The van der Waals surface area contributed by atoms with E-state index in [-0.39, 0.29) is 0 Å². The Hall–Kier alpha value is -2.50. The van der Waals surface area contributed by atoms with Crippen molar-refractivity contribution < 1.29 is 0 Å². The Morgan fingerprint density at radius 3 is 3.09 bits per heavy atom. The van der Waals surface area contributed by atoms with Gasteiger partial charge in [0.25, 0.3) is 0 Å². The highest BCUT2D eigenvalue weighted by Crippen LogP contribution is 2.25. The van der Waals surface area contributed by atoms with Gasteiger partial charge in [0.05, 0.1) is 17.9 Å². The third-order valence-electron chi connectivity index (χ3n) is 3.76. The third kappa shape index (κ3) is 2.77. The quantitative estimate of drug-likeness (QED) is 0.710. The molecule has 0 saturated carbocycles. The molecule has 3 aromatic heterocycles. The van der Waals surface area contributed by atoms with Crippen molar-refractivity contribution in [2.75, 3.05) is 6.54 Å². The Morgan fingerprint density at radius 2 is 2.27 bits per heavy atom. The molecule has 0 radical (unpaired) electrons. The molecular formula is C16H20N6. The van der Waals surface area contributed by atoms with E-state index in [1.807, 2.05) is 36.3 Å². The Labute approximate surface area is 129 Å². The summed E-state index contributed by atoms with van der Waals surface area (Å²) in [5, 5.41) is 5.53. The fraction of sp³-hybridized carbons (Fsp3) is 0.375. The predicted octanol–water partition coefficient (Wildman–Crippen LogP) is 3.25. The van der Waals surface area contributed by atoms with Gasteiger partial charge in [-0.3, -0.25) is 9.67 Å². The van der Waals surface area contributed by atoms with Crippen molar-refractivity contribution in [3.8, 4) is 11.3 Å². The number of aromatic nitrogens is 5. The van der Waals surface area contributed by atoms with Gasteiger partial charge in [-0.15, -0.1) is 0 Å². The monoisotopic (exact) mass is 296 g/mol. The zero-order chi connectivity index (χ0) is 15.4. The number of aromatic amines is 1. The molecule has 0 saturated heterocycles. The molecule has 0 fully saturated rings. The maximum atomic E-state index is 4.52. The zero-order valence-electron chi connectivity index (χ0n) is 12.9. The van der Waals surface area contributed by atoms with E-state index < -0.39 is 0 Å². The molecule has 1 atom stereocenters. The highest BCUT2D eigenvalue weighted by atomic mass is 15.3. The number of aliphatic imine (C=N–C) groups is 1. The summed E-state index contributed by atoms with van der Waals surface area (Å²) < 4.78 is 2.01. The van der Waals surface area contributed by atoms with Crippen LogP contribution in [0.15, 0.2) is 36.0 Å². The van der Waals surface area contributed by atoms with Gasteiger partial charge in [0.15, 0.2) is 0 Å². The van der Waals surface area contributed by atoms with Crippen molar-refractivity contribution >= 4 is 17.2 Å². The van der Waals surface area contributed by atoms with Crippen molar-refractivity contribution in [2.45, 2.75) is 32.7 Å². The van der Waals surface area contributed by atoms with Crippen LogP contribution in [0.2, 0.25) is 0 Å².